The molecule has 9 heteroatoms. The number of rotatable bonds is 3. The SMILES string of the molecule is Cc1cccc(Oc2ccc(Cl)cc2N2C(=NC(=O)C(C)(C)C)S[C@@H]3CS(=O)(=O)C[C@@H]32)c1. The number of aryl methyl sites for hydroxylation is 1. The second-order valence-corrected chi connectivity index (χ2v) is 12.9. The maximum absolute atomic E-state index is 12.7. The van der Waals surface area contributed by atoms with Crippen LogP contribution in [0.1, 0.15) is 26.3 Å². The van der Waals surface area contributed by atoms with Crippen molar-refractivity contribution in [3.8, 4) is 11.5 Å². The molecule has 0 unspecified atom stereocenters. The van der Waals surface area contributed by atoms with Crippen LogP contribution in [0.15, 0.2) is 47.5 Å². The third-order valence-corrected chi connectivity index (χ3v) is 8.75. The molecule has 2 aliphatic heterocycles. The van der Waals surface area contributed by atoms with Crippen LogP contribution in [0.4, 0.5) is 5.69 Å². The number of hydrogen-bond donors (Lipinski definition) is 0. The van der Waals surface area contributed by atoms with E-state index in [-0.39, 0.29) is 28.7 Å². The van der Waals surface area contributed by atoms with E-state index in [0.29, 0.717) is 27.4 Å². The summed E-state index contributed by atoms with van der Waals surface area (Å²) in [6.45, 7) is 7.39. The van der Waals surface area contributed by atoms with Crippen molar-refractivity contribution in [2.75, 3.05) is 16.4 Å². The summed E-state index contributed by atoms with van der Waals surface area (Å²) >= 11 is 7.67. The molecule has 4 rings (SSSR count). The number of anilines is 1. The van der Waals surface area contributed by atoms with Gasteiger partial charge >= 0.3 is 0 Å². The minimum Gasteiger partial charge on any atom is -0.455 e. The fraction of sp³-hybridized carbons (Fsp3) is 0.391. The summed E-state index contributed by atoms with van der Waals surface area (Å²) in [7, 11) is -3.19. The van der Waals surface area contributed by atoms with Gasteiger partial charge in [0.1, 0.15) is 5.75 Å². The van der Waals surface area contributed by atoms with Gasteiger partial charge in [-0.25, -0.2) is 8.42 Å². The van der Waals surface area contributed by atoms with Gasteiger partial charge in [-0.3, -0.25) is 4.79 Å². The molecule has 2 saturated heterocycles. The van der Waals surface area contributed by atoms with Gasteiger partial charge in [0, 0.05) is 15.7 Å². The monoisotopic (exact) mass is 492 g/mol. The first-order valence-electron chi connectivity index (χ1n) is 10.3. The fourth-order valence-corrected chi connectivity index (χ4v) is 7.74. The number of ether oxygens (including phenoxy) is 1. The minimum atomic E-state index is -3.19. The number of aliphatic imine (C=N–C) groups is 1. The van der Waals surface area contributed by atoms with E-state index < -0.39 is 15.3 Å². The highest BCUT2D eigenvalue weighted by atomic mass is 35.5. The molecule has 2 fully saturated rings. The highest BCUT2D eigenvalue weighted by Gasteiger charge is 2.50. The number of nitrogens with zero attached hydrogens (tertiary/aromatic N) is 2. The number of benzene rings is 2. The number of halogens is 1. The molecule has 32 heavy (non-hydrogen) atoms. The molecule has 0 bridgehead atoms. The van der Waals surface area contributed by atoms with Crippen LogP contribution in [-0.2, 0) is 14.6 Å². The normalized spacial score (nSPS) is 23.4. The average Bonchev–Trinajstić information content (AvgIpc) is 3.13. The summed E-state index contributed by atoms with van der Waals surface area (Å²) in [5.74, 6) is 0.942. The van der Waals surface area contributed by atoms with Crippen LogP contribution in [0.25, 0.3) is 0 Å². The number of hydrogen-bond acceptors (Lipinski definition) is 5. The largest absolute Gasteiger partial charge is 0.455 e. The number of sulfone groups is 1. The van der Waals surface area contributed by atoms with Crippen LogP contribution in [-0.4, -0.2) is 42.3 Å². The molecule has 0 saturated carbocycles. The van der Waals surface area contributed by atoms with Crippen LogP contribution < -0.4 is 9.64 Å². The molecule has 0 aromatic heterocycles. The van der Waals surface area contributed by atoms with Crippen molar-refractivity contribution in [1.82, 2.24) is 0 Å². The Morgan fingerprint density at radius 2 is 1.94 bits per heavy atom. The zero-order valence-corrected chi connectivity index (χ0v) is 20.7. The van der Waals surface area contributed by atoms with Crippen LogP contribution in [0.2, 0.25) is 5.02 Å². The zero-order chi connectivity index (χ0) is 23.3. The van der Waals surface area contributed by atoms with Gasteiger partial charge < -0.3 is 9.64 Å². The molecule has 0 spiro atoms. The first-order chi connectivity index (χ1) is 14.9. The van der Waals surface area contributed by atoms with E-state index >= 15 is 0 Å². The lowest BCUT2D eigenvalue weighted by molar-refractivity contribution is -0.124. The van der Waals surface area contributed by atoms with Crippen molar-refractivity contribution in [3.05, 3.63) is 53.1 Å². The van der Waals surface area contributed by atoms with Gasteiger partial charge in [-0.05, 0) is 42.8 Å². The fourth-order valence-electron chi connectivity index (χ4n) is 3.67. The molecule has 0 N–H and O–H groups in total. The molecule has 2 aliphatic rings. The maximum Gasteiger partial charge on any atom is 0.253 e. The average molecular weight is 493 g/mol. The van der Waals surface area contributed by atoms with E-state index in [1.54, 1.807) is 39.0 Å². The molecule has 2 heterocycles. The third kappa shape index (κ3) is 4.82. The summed E-state index contributed by atoms with van der Waals surface area (Å²) in [5, 5.41) is 0.746. The quantitative estimate of drug-likeness (QED) is 0.594. The predicted molar refractivity (Wildman–Crippen MR) is 131 cm³/mol. The molecule has 2 aromatic rings. The summed E-state index contributed by atoms with van der Waals surface area (Å²) in [5.41, 5.74) is 0.990. The van der Waals surface area contributed by atoms with Gasteiger partial charge in [0.2, 0.25) is 0 Å². The summed E-state index contributed by atoms with van der Waals surface area (Å²) in [4.78, 5) is 18.9. The van der Waals surface area contributed by atoms with Crippen LogP contribution in [0, 0.1) is 12.3 Å². The molecular weight excluding hydrogens is 468 g/mol. The van der Waals surface area contributed by atoms with Crippen LogP contribution in [0.5, 0.6) is 11.5 Å². The Kier molecular flexibility index (Phi) is 6.07. The van der Waals surface area contributed by atoms with E-state index in [0.717, 1.165) is 5.56 Å². The molecule has 170 valence electrons. The van der Waals surface area contributed by atoms with Crippen molar-refractivity contribution < 1.29 is 17.9 Å². The van der Waals surface area contributed by atoms with E-state index in [1.165, 1.54) is 11.8 Å². The predicted octanol–water partition coefficient (Wildman–Crippen LogP) is 5.09. The van der Waals surface area contributed by atoms with Crippen molar-refractivity contribution in [2.45, 2.75) is 39.0 Å². The summed E-state index contributed by atoms with van der Waals surface area (Å²) < 4.78 is 31.0. The van der Waals surface area contributed by atoms with Crippen molar-refractivity contribution in [2.24, 2.45) is 10.4 Å². The van der Waals surface area contributed by atoms with Crippen molar-refractivity contribution >= 4 is 50.0 Å². The lowest BCUT2D eigenvalue weighted by Gasteiger charge is -2.27. The lowest BCUT2D eigenvalue weighted by Crippen LogP contribution is -2.38. The first-order valence-corrected chi connectivity index (χ1v) is 13.3. The Morgan fingerprint density at radius 3 is 2.62 bits per heavy atom. The zero-order valence-electron chi connectivity index (χ0n) is 18.3. The highest BCUT2D eigenvalue weighted by molar-refractivity contribution is 8.16. The second kappa shape index (κ2) is 8.39. The number of carbonyl (C=O) groups excluding carboxylic acids is 1. The van der Waals surface area contributed by atoms with Gasteiger partial charge in [-0.2, -0.15) is 4.99 Å². The van der Waals surface area contributed by atoms with Crippen molar-refractivity contribution in [3.63, 3.8) is 0 Å². The van der Waals surface area contributed by atoms with Gasteiger partial charge in [0.25, 0.3) is 5.91 Å². The molecular formula is C23H25ClN2O4S2. The Balaban J connectivity index is 1.81. The number of amides is 1. The number of fused-ring (bicyclic) bond motifs is 1. The summed E-state index contributed by atoms with van der Waals surface area (Å²) in [6, 6.07) is 12.5. The van der Waals surface area contributed by atoms with Gasteiger partial charge in [0.15, 0.2) is 20.8 Å². The highest BCUT2D eigenvalue weighted by Crippen LogP contribution is 2.45. The Labute approximate surface area is 197 Å². The van der Waals surface area contributed by atoms with Crippen molar-refractivity contribution in [1.29, 1.82) is 0 Å². The topological polar surface area (TPSA) is 76.0 Å². The van der Waals surface area contributed by atoms with Crippen LogP contribution >= 0.6 is 23.4 Å². The van der Waals surface area contributed by atoms with Gasteiger partial charge in [-0.15, -0.1) is 0 Å². The molecule has 2 aromatic carbocycles. The maximum atomic E-state index is 12.7. The molecule has 0 aliphatic carbocycles. The number of amidine groups is 1. The van der Waals surface area contributed by atoms with E-state index in [9.17, 15) is 13.2 Å². The second-order valence-electron chi connectivity index (χ2n) is 9.15. The van der Waals surface area contributed by atoms with E-state index in [4.69, 9.17) is 16.3 Å². The molecule has 6 nitrogen and oxygen atoms in total. The number of carbonyl (C=O) groups is 1. The Hall–Kier alpha value is -2.03. The van der Waals surface area contributed by atoms with Crippen LogP contribution in [0.3, 0.4) is 0 Å². The molecule has 2 atom stereocenters. The number of thioether (sulfide) groups is 1. The summed E-state index contributed by atoms with van der Waals surface area (Å²) in [6.07, 6.45) is 0. The van der Waals surface area contributed by atoms with Gasteiger partial charge in [0.05, 0.1) is 23.2 Å². The minimum absolute atomic E-state index is 0.0101. The molecule has 0 radical (unpaired) electrons. The van der Waals surface area contributed by atoms with E-state index in [2.05, 4.69) is 4.99 Å². The molecule has 1 amide bonds. The Morgan fingerprint density at radius 1 is 1.19 bits per heavy atom. The third-order valence-electron chi connectivity index (χ3n) is 5.30. The Bertz CT molecular complexity index is 1200. The van der Waals surface area contributed by atoms with E-state index in [1.807, 2.05) is 36.1 Å². The van der Waals surface area contributed by atoms with Gasteiger partial charge in [-0.1, -0.05) is 56.3 Å². The first kappa shape index (κ1) is 23.1. The lowest BCUT2D eigenvalue weighted by atomic mass is 9.96. The smallest absolute Gasteiger partial charge is 0.253 e. The standard InChI is InChI=1S/C23H25ClN2O4S2/c1-14-6-5-7-16(10-14)30-19-9-8-15(24)11-17(19)26-18-12-32(28,29)13-20(18)31-22(26)25-21(27)23(2,3)4/h5-11,18,20H,12-13H2,1-4H3/t18-,20+/m0/s1.